The molecule has 9 nitrogen and oxygen atoms in total. The number of allylic oxidation sites excluding steroid dienone is 4. The van der Waals surface area contributed by atoms with Gasteiger partial charge in [0.15, 0.2) is 6.29 Å². The second kappa shape index (κ2) is 36.0. The Morgan fingerprint density at radius 2 is 1.15 bits per heavy atom. The lowest BCUT2D eigenvalue weighted by atomic mass is 9.99. The Kier molecular flexibility index (Phi) is 33.8. The molecule has 0 saturated carbocycles. The smallest absolute Gasteiger partial charge is 0.220 e. The topological polar surface area (TPSA) is 149 Å². The quantitative estimate of drug-likeness (QED) is 0.0271. The zero-order valence-electron chi connectivity index (χ0n) is 34.7. The molecule has 318 valence electrons. The first kappa shape index (κ1) is 50.7. The van der Waals surface area contributed by atoms with Gasteiger partial charge in [0, 0.05) is 6.42 Å². The number of hydrogen-bond acceptors (Lipinski definition) is 8. The summed E-state index contributed by atoms with van der Waals surface area (Å²) >= 11 is 0. The molecule has 6 N–H and O–H groups in total. The number of nitrogens with one attached hydrogen (secondary N) is 1. The number of carbonyl (C=O) groups is 1. The zero-order valence-corrected chi connectivity index (χ0v) is 34.7. The van der Waals surface area contributed by atoms with E-state index in [2.05, 4.69) is 43.5 Å². The fraction of sp³-hybridized carbons (Fsp3) is 0.889. The van der Waals surface area contributed by atoms with Crippen LogP contribution in [-0.2, 0) is 14.3 Å². The van der Waals surface area contributed by atoms with Gasteiger partial charge in [0.2, 0.25) is 5.91 Å². The van der Waals surface area contributed by atoms with Crippen LogP contribution in [0.1, 0.15) is 200 Å². The second-order valence-corrected chi connectivity index (χ2v) is 15.8. The summed E-state index contributed by atoms with van der Waals surface area (Å²) in [5, 5.41) is 54.2. The van der Waals surface area contributed by atoms with E-state index in [9.17, 15) is 30.3 Å². The van der Waals surface area contributed by atoms with Crippen molar-refractivity contribution in [1.29, 1.82) is 0 Å². The number of hydrogen-bond donors (Lipinski definition) is 6. The summed E-state index contributed by atoms with van der Waals surface area (Å²) in [6.07, 6.45) is 34.8. The van der Waals surface area contributed by atoms with Crippen LogP contribution in [0, 0.1) is 0 Å². The van der Waals surface area contributed by atoms with Gasteiger partial charge < -0.3 is 40.3 Å². The van der Waals surface area contributed by atoms with E-state index in [1.54, 1.807) is 0 Å². The van der Waals surface area contributed by atoms with Crippen molar-refractivity contribution in [1.82, 2.24) is 5.32 Å². The van der Waals surface area contributed by atoms with Crippen LogP contribution in [0.4, 0.5) is 0 Å². The Balaban J connectivity index is 2.26. The summed E-state index contributed by atoms with van der Waals surface area (Å²) in [7, 11) is 0. The van der Waals surface area contributed by atoms with Crippen molar-refractivity contribution in [2.45, 2.75) is 243 Å². The Bertz CT molecular complexity index is 899. The first-order chi connectivity index (χ1) is 26.3. The van der Waals surface area contributed by atoms with Crippen molar-refractivity contribution in [2.75, 3.05) is 13.2 Å². The van der Waals surface area contributed by atoms with Gasteiger partial charge in [-0.05, 0) is 38.5 Å². The molecule has 0 aromatic carbocycles. The minimum absolute atomic E-state index is 0.136. The van der Waals surface area contributed by atoms with Crippen LogP contribution in [0.25, 0.3) is 0 Å². The minimum atomic E-state index is -1.55. The summed E-state index contributed by atoms with van der Waals surface area (Å²) in [5.41, 5.74) is 0. The van der Waals surface area contributed by atoms with Crippen molar-refractivity contribution in [3.05, 3.63) is 24.3 Å². The first-order valence-corrected chi connectivity index (χ1v) is 22.5. The average Bonchev–Trinajstić information content (AvgIpc) is 3.17. The number of rotatable bonds is 37. The number of aliphatic hydroxyl groups is 5. The number of unbranched alkanes of at least 4 members (excludes halogenated alkanes) is 23. The van der Waals surface area contributed by atoms with E-state index in [1.165, 1.54) is 122 Å². The summed E-state index contributed by atoms with van der Waals surface area (Å²) in [5.74, 6) is -0.146. The number of aliphatic hydroxyl groups excluding tert-OH is 5. The van der Waals surface area contributed by atoms with Gasteiger partial charge >= 0.3 is 0 Å². The molecule has 1 saturated heterocycles. The van der Waals surface area contributed by atoms with Crippen LogP contribution in [0.2, 0.25) is 0 Å². The average molecular weight is 768 g/mol. The summed E-state index contributed by atoms with van der Waals surface area (Å²) in [4.78, 5) is 12.9. The molecular weight excluding hydrogens is 682 g/mol. The fourth-order valence-corrected chi connectivity index (χ4v) is 7.20. The molecule has 0 aromatic heterocycles. The summed E-state index contributed by atoms with van der Waals surface area (Å²) in [6, 6.07) is -0.714. The molecule has 1 rings (SSSR count). The standard InChI is InChI=1S/C45H85NO8/c1-3-5-7-9-11-13-15-16-17-18-19-20-21-22-23-24-25-27-29-31-33-35-41(49)46-38(37-53-45-44(52)43(51)42(50)40(36-47)54-45)39(48)34-32-30-28-26-14-12-10-8-6-4-2/h5,7,11,13,38-40,42-45,47-48,50-52H,3-4,6,8-10,12,14-37H2,1-2H3,(H,46,49)/b7-5-,13-11-. The predicted octanol–water partition coefficient (Wildman–Crippen LogP) is 9.11. The predicted molar refractivity (Wildman–Crippen MR) is 221 cm³/mol. The molecule has 9 heteroatoms. The number of carbonyl (C=O) groups excluding carboxylic acids is 1. The van der Waals surface area contributed by atoms with Crippen LogP contribution < -0.4 is 5.32 Å². The van der Waals surface area contributed by atoms with E-state index < -0.39 is 49.5 Å². The molecule has 0 spiro atoms. The molecule has 0 aromatic rings. The zero-order chi connectivity index (χ0) is 39.5. The lowest BCUT2D eigenvalue weighted by molar-refractivity contribution is -0.302. The van der Waals surface area contributed by atoms with Crippen LogP contribution in [-0.4, -0.2) is 87.5 Å². The largest absolute Gasteiger partial charge is 0.394 e. The van der Waals surface area contributed by atoms with Gasteiger partial charge in [-0.1, -0.05) is 179 Å². The van der Waals surface area contributed by atoms with Gasteiger partial charge in [-0.2, -0.15) is 0 Å². The van der Waals surface area contributed by atoms with E-state index >= 15 is 0 Å². The SMILES string of the molecule is CC/C=C\C/C=C\CCCCCCCCCCCCCCCCC(=O)NC(COC1OC(CO)C(O)C(O)C1O)C(O)CCCCCCCCCCCC. The molecular formula is C45H85NO8. The van der Waals surface area contributed by atoms with E-state index in [1.807, 2.05) is 0 Å². The van der Waals surface area contributed by atoms with Crippen LogP contribution in [0.15, 0.2) is 24.3 Å². The molecule has 0 bridgehead atoms. The monoisotopic (exact) mass is 768 g/mol. The number of amides is 1. The van der Waals surface area contributed by atoms with Crippen molar-refractivity contribution in [3.8, 4) is 0 Å². The third-order valence-corrected chi connectivity index (χ3v) is 10.8. The maximum Gasteiger partial charge on any atom is 0.220 e. The molecule has 7 atom stereocenters. The fourth-order valence-electron chi connectivity index (χ4n) is 7.20. The van der Waals surface area contributed by atoms with Crippen LogP contribution in [0.3, 0.4) is 0 Å². The molecule has 54 heavy (non-hydrogen) atoms. The van der Waals surface area contributed by atoms with Gasteiger partial charge in [0.25, 0.3) is 0 Å². The lowest BCUT2D eigenvalue weighted by Gasteiger charge is -2.40. The molecule has 0 radical (unpaired) electrons. The second-order valence-electron chi connectivity index (χ2n) is 15.8. The maximum atomic E-state index is 12.9. The molecule has 0 aliphatic carbocycles. The molecule has 7 unspecified atom stereocenters. The highest BCUT2D eigenvalue weighted by atomic mass is 16.7. The number of ether oxygens (including phenoxy) is 2. The molecule has 1 heterocycles. The minimum Gasteiger partial charge on any atom is -0.394 e. The van der Waals surface area contributed by atoms with Gasteiger partial charge in [0.05, 0.1) is 25.4 Å². The normalized spacial score (nSPS) is 21.6. The lowest BCUT2D eigenvalue weighted by Crippen LogP contribution is -2.60. The van der Waals surface area contributed by atoms with Crippen LogP contribution in [0.5, 0.6) is 0 Å². The van der Waals surface area contributed by atoms with Crippen molar-refractivity contribution in [2.24, 2.45) is 0 Å². The van der Waals surface area contributed by atoms with Crippen molar-refractivity contribution < 1.29 is 39.8 Å². The highest BCUT2D eigenvalue weighted by Crippen LogP contribution is 2.23. The van der Waals surface area contributed by atoms with Gasteiger partial charge in [-0.15, -0.1) is 0 Å². The third kappa shape index (κ3) is 26.5. The molecule has 1 amide bonds. The Labute approximate surface area is 330 Å². The summed E-state index contributed by atoms with van der Waals surface area (Å²) < 4.78 is 11.2. The van der Waals surface area contributed by atoms with E-state index in [-0.39, 0.29) is 12.5 Å². The van der Waals surface area contributed by atoms with Gasteiger partial charge in [0.1, 0.15) is 24.4 Å². The highest BCUT2D eigenvalue weighted by molar-refractivity contribution is 5.76. The van der Waals surface area contributed by atoms with Crippen molar-refractivity contribution >= 4 is 5.91 Å². The van der Waals surface area contributed by atoms with Crippen LogP contribution >= 0.6 is 0 Å². The Hall–Kier alpha value is -1.33. The van der Waals surface area contributed by atoms with Crippen molar-refractivity contribution in [3.63, 3.8) is 0 Å². The maximum absolute atomic E-state index is 12.9. The Morgan fingerprint density at radius 1 is 0.648 bits per heavy atom. The van der Waals surface area contributed by atoms with E-state index in [4.69, 9.17) is 9.47 Å². The van der Waals surface area contributed by atoms with E-state index in [0.717, 1.165) is 51.4 Å². The highest BCUT2D eigenvalue weighted by Gasteiger charge is 2.44. The Morgan fingerprint density at radius 3 is 1.69 bits per heavy atom. The third-order valence-electron chi connectivity index (χ3n) is 10.8. The first-order valence-electron chi connectivity index (χ1n) is 22.5. The summed E-state index contributed by atoms with van der Waals surface area (Å²) in [6.45, 7) is 3.71. The molecule has 1 aliphatic heterocycles. The van der Waals surface area contributed by atoms with E-state index in [0.29, 0.717) is 12.8 Å². The molecule has 1 aliphatic rings. The molecule has 1 fully saturated rings. The van der Waals surface area contributed by atoms with Gasteiger partial charge in [-0.25, -0.2) is 0 Å². The van der Waals surface area contributed by atoms with Gasteiger partial charge in [-0.3, -0.25) is 4.79 Å².